The molecule has 152 valence electrons. The molecule has 0 aliphatic carbocycles. The van der Waals surface area contributed by atoms with Gasteiger partial charge in [0, 0.05) is 12.1 Å². The van der Waals surface area contributed by atoms with Crippen LogP contribution in [0.2, 0.25) is 0 Å². The highest BCUT2D eigenvalue weighted by molar-refractivity contribution is 5.94. The standard InChI is InChI=1S/C20H24N2O5.ClH/c1-22(2)15(13-5-8-17-19(9-13)27-12-26-17)11-21-20(23)14-6-7-16(24-3)18(10-14)25-4;/h5-10,15H,11-12H2,1-4H3,(H,21,23);1H. The molecule has 0 spiro atoms. The number of amides is 1. The van der Waals surface area contributed by atoms with Crippen LogP contribution in [0, 0.1) is 0 Å². The molecule has 0 aromatic heterocycles. The maximum Gasteiger partial charge on any atom is 0.251 e. The van der Waals surface area contributed by atoms with Crippen LogP contribution in [0.5, 0.6) is 23.0 Å². The van der Waals surface area contributed by atoms with Crippen molar-refractivity contribution >= 4 is 18.3 Å². The van der Waals surface area contributed by atoms with E-state index in [1.165, 1.54) is 0 Å². The van der Waals surface area contributed by atoms with Crippen molar-refractivity contribution in [1.82, 2.24) is 10.2 Å². The minimum absolute atomic E-state index is 0. The first-order valence-corrected chi connectivity index (χ1v) is 8.59. The number of hydrogen-bond acceptors (Lipinski definition) is 6. The number of carbonyl (C=O) groups excluding carboxylic acids is 1. The number of carbonyl (C=O) groups is 1. The molecule has 7 nitrogen and oxygen atoms in total. The van der Waals surface area contributed by atoms with Gasteiger partial charge in [-0.05, 0) is 50.0 Å². The first kappa shape index (κ1) is 21.7. The van der Waals surface area contributed by atoms with Crippen molar-refractivity contribution in [3.05, 3.63) is 47.5 Å². The van der Waals surface area contributed by atoms with Crippen LogP contribution in [0.4, 0.5) is 0 Å². The van der Waals surface area contributed by atoms with Gasteiger partial charge in [0.25, 0.3) is 5.91 Å². The molecule has 28 heavy (non-hydrogen) atoms. The van der Waals surface area contributed by atoms with Crippen LogP contribution in [0.15, 0.2) is 36.4 Å². The van der Waals surface area contributed by atoms with E-state index < -0.39 is 0 Å². The molecular weight excluding hydrogens is 384 g/mol. The maximum atomic E-state index is 12.6. The van der Waals surface area contributed by atoms with E-state index in [1.807, 2.05) is 37.2 Å². The Bertz CT molecular complexity index is 828. The Morgan fingerprint density at radius 1 is 1.07 bits per heavy atom. The summed E-state index contributed by atoms with van der Waals surface area (Å²) in [5.74, 6) is 2.39. The van der Waals surface area contributed by atoms with Gasteiger partial charge in [-0.15, -0.1) is 12.4 Å². The molecule has 1 atom stereocenters. The van der Waals surface area contributed by atoms with E-state index in [4.69, 9.17) is 18.9 Å². The summed E-state index contributed by atoms with van der Waals surface area (Å²) in [4.78, 5) is 14.6. The Balaban J connectivity index is 0.00000280. The Morgan fingerprint density at radius 2 is 1.79 bits per heavy atom. The zero-order valence-electron chi connectivity index (χ0n) is 16.4. The van der Waals surface area contributed by atoms with Crippen LogP contribution in [-0.2, 0) is 0 Å². The van der Waals surface area contributed by atoms with Crippen molar-refractivity contribution in [2.45, 2.75) is 6.04 Å². The third-order valence-electron chi connectivity index (χ3n) is 4.51. The van der Waals surface area contributed by atoms with Crippen LogP contribution < -0.4 is 24.3 Å². The number of benzene rings is 2. The first-order valence-electron chi connectivity index (χ1n) is 8.59. The zero-order chi connectivity index (χ0) is 19.4. The lowest BCUT2D eigenvalue weighted by Crippen LogP contribution is -2.34. The largest absolute Gasteiger partial charge is 0.493 e. The molecule has 1 unspecified atom stereocenters. The predicted molar refractivity (Wildman–Crippen MR) is 108 cm³/mol. The van der Waals surface area contributed by atoms with Gasteiger partial charge in [-0.1, -0.05) is 6.07 Å². The highest BCUT2D eigenvalue weighted by atomic mass is 35.5. The zero-order valence-corrected chi connectivity index (χ0v) is 17.2. The monoisotopic (exact) mass is 408 g/mol. The van der Waals surface area contributed by atoms with Crippen molar-refractivity contribution in [1.29, 1.82) is 0 Å². The van der Waals surface area contributed by atoms with Crippen molar-refractivity contribution in [2.24, 2.45) is 0 Å². The van der Waals surface area contributed by atoms with Crippen LogP contribution in [0.25, 0.3) is 0 Å². The number of ether oxygens (including phenoxy) is 4. The molecule has 0 bridgehead atoms. The number of halogens is 1. The van der Waals surface area contributed by atoms with E-state index in [0.717, 1.165) is 17.1 Å². The van der Waals surface area contributed by atoms with Crippen LogP contribution in [-0.4, -0.2) is 52.5 Å². The molecule has 1 N–H and O–H groups in total. The number of nitrogens with zero attached hydrogens (tertiary/aromatic N) is 1. The van der Waals surface area contributed by atoms with E-state index in [-0.39, 0.29) is 31.1 Å². The van der Waals surface area contributed by atoms with Gasteiger partial charge in [-0.3, -0.25) is 4.79 Å². The average molecular weight is 409 g/mol. The average Bonchev–Trinajstić information content (AvgIpc) is 3.15. The first-order chi connectivity index (χ1) is 13.0. The van der Waals surface area contributed by atoms with Gasteiger partial charge >= 0.3 is 0 Å². The van der Waals surface area contributed by atoms with Crippen molar-refractivity contribution in [2.75, 3.05) is 41.7 Å². The Hall–Kier alpha value is -2.64. The van der Waals surface area contributed by atoms with Crippen molar-refractivity contribution in [3.8, 4) is 23.0 Å². The summed E-state index contributed by atoms with van der Waals surface area (Å²) in [7, 11) is 7.04. The predicted octanol–water partition coefficient (Wildman–Crippen LogP) is 2.89. The topological polar surface area (TPSA) is 69.3 Å². The SMILES string of the molecule is COc1ccc(C(=O)NCC(c2ccc3c(c2)OCO3)N(C)C)cc1OC.Cl. The lowest BCUT2D eigenvalue weighted by atomic mass is 10.0. The van der Waals surface area contributed by atoms with Gasteiger partial charge in [0.05, 0.1) is 20.3 Å². The quantitative estimate of drug-likeness (QED) is 0.759. The molecule has 0 saturated carbocycles. The molecule has 0 saturated heterocycles. The van der Waals surface area contributed by atoms with Gasteiger partial charge < -0.3 is 29.2 Å². The summed E-state index contributed by atoms with van der Waals surface area (Å²) in [6.45, 7) is 0.682. The van der Waals surface area contributed by atoms with Gasteiger partial charge in [-0.25, -0.2) is 0 Å². The molecule has 1 amide bonds. The van der Waals surface area contributed by atoms with E-state index in [9.17, 15) is 4.79 Å². The summed E-state index contributed by atoms with van der Waals surface area (Å²) in [6.07, 6.45) is 0. The van der Waals surface area contributed by atoms with Crippen LogP contribution >= 0.6 is 12.4 Å². The van der Waals surface area contributed by atoms with Crippen LogP contribution in [0.3, 0.4) is 0 Å². The molecule has 1 heterocycles. The van der Waals surface area contributed by atoms with E-state index >= 15 is 0 Å². The second-order valence-electron chi connectivity index (χ2n) is 6.37. The summed E-state index contributed by atoms with van der Waals surface area (Å²) < 4.78 is 21.3. The number of fused-ring (bicyclic) bond motifs is 1. The van der Waals surface area contributed by atoms with Gasteiger partial charge in [0.2, 0.25) is 6.79 Å². The third-order valence-corrected chi connectivity index (χ3v) is 4.51. The second kappa shape index (κ2) is 9.52. The third kappa shape index (κ3) is 4.61. The van der Waals surface area contributed by atoms with Gasteiger partial charge in [0.1, 0.15) is 0 Å². The van der Waals surface area contributed by atoms with Gasteiger partial charge in [0.15, 0.2) is 23.0 Å². The molecule has 8 heteroatoms. The summed E-state index contributed by atoms with van der Waals surface area (Å²) in [5, 5.41) is 2.99. The fraction of sp³-hybridized carbons (Fsp3) is 0.350. The smallest absolute Gasteiger partial charge is 0.251 e. The molecule has 0 fully saturated rings. The van der Waals surface area contributed by atoms with Crippen molar-refractivity contribution < 1.29 is 23.7 Å². The Morgan fingerprint density at radius 3 is 2.46 bits per heavy atom. The normalized spacial score (nSPS) is 12.9. The molecule has 3 rings (SSSR count). The highest BCUT2D eigenvalue weighted by Gasteiger charge is 2.20. The lowest BCUT2D eigenvalue weighted by Gasteiger charge is -2.25. The van der Waals surface area contributed by atoms with E-state index in [1.54, 1.807) is 32.4 Å². The maximum absolute atomic E-state index is 12.6. The van der Waals surface area contributed by atoms with E-state index in [0.29, 0.717) is 23.6 Å². The van der Waals surface area contributed by atoms with Crippen molar-refractivity contribution in [3.63, 3.8) is 0 Å². The number of methoxy groups -OCH3 is 2. The molecular formula is C20H25ClN2O5. The van der Waals surface area contributed by atoms with Crippen LogP contribution in [0.1, 0.15) is 22.0 Å². The lowest BCUT2D eigenvalue weighted by molar-refractivity contribution is 0.0941. The fourth-order valence-electron chi connectivity index (χ4n) is 2.99. The molecule has 1 aliphatic heterocycles. The number of hydrogen-bond donors (Lipinski definition) is 1. The van der Waals surface area contributed by atoms with E-state index in [2.05, 4.69) is 5.32 Å². The Labute approximate surface area is 170 Å². The molecule has 2 aromatic carbocycles. The van der Waals surface area contributed by atoms with Gasteiger partial charge in [-0.2, -0.15) is 0 Å². The minimum Gasteiger partial charge on any atom is -0.493 e. The highest BCUT2D eigenvalue weighted by Crippen LogP contribution is 2.35. The Kier molecular flexibility index (Phi) is 7.37. The summed E-state index contributed by atoms with van der Waals surface area (Å²) in [6, 6.07) is 10.9. The summed E-state index contributed by atoms with van der Waals surface area (Å²) in [5.41, 5.74) is 1.55. The molecule has 0 radical (unpaired) electrons. The number of rotatable bonds is 7. The molecule has 1 aliphatic rings. The second-order valence-corrected chi connectivity index (χ2v) is 6.37. The minimum atomic E-state index is -0.177. The fourth-order valence-corrected chi connectivity index (χ4v) is 2.99. The molecule has 2 aromatic rings. The number of likely N-dealkylation sites (N-methyl/N-ethyl adjacent to an activating group) is 1. The summed E-state index contributed by atoms with van der Waals surface area (Å²) >= 11 is 0. The number of nitrogens with one attached hydrogen (secondary N) is 1.